The molecule has 0 aliphatic heterocycles. The summed E-state index contributed by atoms with van der Waals surface area (Å²) in [5.41, 5.74) is 0.731. The molecule has 0 bridgehead atoms. The summed E-state index contributed by atoms with van der Waals surface area (Å²) in [6.45, 7) is 5.90. The third-order valence-corrected chi connectivity index (χ3v) is 3.67. The summed E-state index contributed by atoms with van der Waals surface area (Å²) < 4.78 is 13.2. The molecule has 5 nitrogen and oxygen atoms in total. The van der Waals surface area contributed by atoms with Crippen LogP contribution >= 0.6 is 0 Å². The van der Waals surface area contributed by atoms with E-state index in [0.717, 1.165) is 25.1 Å². The Kier molecular flexibility index (Phi) is 10.4. The van der Waals surface area contributed by atoms with Gasteiger partial charge in [0.05, 0.1) is 13.2 Å². The summed E-state index contributed by atoms with van der Waals surface area (Å²) >= 11 is 0. The quantitative estimate of drug-likeness (QED) is 0.450. The monoisotopic (exact) mass is 422 g/mol. The van der Waals surface area contributed by atoms with Crippen molar-refractivity contribution in [3.63, 3.8) is 0 Å². The minimum atomic E-state index is 0. The second kappa shape index (κ2) is 12.3. The number of carbonyl (C=O) groups is 1. The maximum Gasteiger partial charge on any atom is 0.224 e. The molecule has 0 spiro atoms. The summed E-state index contributed by atoms with van der Waals surface area (Å²) in [4.78, 5) is 12.1. The summed E-state index contributed by atoms with van der Waals surface area (Å²) in [5, 5.41) is 2.93. The number of benzene rings is 1. The van der Waals surface area contributed by atoms with Gasteiger partial charge in [-0.3, -0.25) is 4.79 Å². The lowest BCUT2D eigenvalue weighted by molar-refractivity contribution is -0.697. The van der Waals surface area contributed by atoms with Gasteiger partial charge in [-0.05, 0) is 32.4 Å². The number of nitrogens with one attached hydrogen (secondary N) is 1. The van der Waals surface area contributed by atoms with Crippen LogP contribution in [0.3, 0.4) is 0 Å². The van der Waals surface area contributed by atoms with Gasteiger partial charge in [0.15, 0.2) is 23.9 Å². The van der Waals surface area contributed by atoms with Crippen molar-refractivity contribution in [1.29, 1.82) is 0 Å². The molecule has 0 aliphatic rings. The summed E-state index contributed by atoms with van der Waals surface area (Å²) in [5.74, 6) is 1.37. The number of amides is 1. The van der Waals surface area contributed by atoms with Crippen molar-refractivity contribution in [1.82, 2.24) is 0 Å². The Labute approximate surface area is 166 Å². The van der Waals surface area contributed by atoms with Gasteiger partial charge >= 0.3 is 0 Å². The van der Waals surface area contributed by atoms with Crippen LogP contribution in [0.2, 0.25) is 0 Å². The topological polar surface area (TPSA) is 51.4 Å². The zero-order valence-corrected chi connectivity index (χ0v) is 17.0. The number of aromatic nitrogens is 1. The number of nitrogens with zero attached hydrogens (tertiary/aromatic N) is 1. The number of aryl methyl sites for hydroxylation is 1. The molecule has 0 atom stereocenters. The van der Waals surface area contributed by atoms with Gasteiger partial charge in [0.2, 0.25) is 5.91 Å². The van der Waals surface area contributed by atoms with Crippen LogP contribution in [0.15, 0.2) is 48.8 Å². The molecule has 2 aromatic rings. The highest BCUT2D eigenvalue weighted by atomic mass is 79.9. The summed E-state index contributed by atoms with van der Waals surface area (Å²) in [6.07, 6.45) is 6.40. The molecular weight excluding hydrogens is 396 g/mol. The van der Waals surface area contributed by atoms with E-state index in [9.17, 15) is 4.79 Å². The normalized spacial score (nSPS) is 9.92. The maximum atomic E-state index is 12.1. The zero-order chi connectivity index (χ0) is 17.9. The van der Waals surface area contributed by atoms with E-state index in [0.29, 0.717) is 31.1 Å². The average molecular weight is 423 g/mol. The first kappa shape index (κ1) is 22.0. The van der Waals surface area contributed by atoms with Gasteiger partial charge in [0.25, 0.3) is 0 Å². The van der Waals surface area contributed by atoms with Gasteiger partial charge < -0.3 is 31.8 Å². The summed E-state index contributed by atoms with van der Waals surface area (Å²) in [6, 6.07) is 11.5. The highest BCUT2D eigenvalue weighted by molar-refractivity contribution is 5.91. The van der Waals surface area contributed by atoms with Crippen LogP contribution in [0.4, 0.5) is 5.69 Å². The van der Waals surface area contributed by atoms with E-state index in [1.54, 1.807) is 0 Å². The van der Waals surface area contributed by atoms with Gasteiger partial charge in [-0.2, -0.15) is 0 Å². The zero-order valence-electron chi connectivity index (χ0n) is 15.4. The molecule has 1 aromatic heterocycles. The molecule has 0 saturated heterocycles. The van der Waals surface area contributed by atoms with E-state index in [-0.39, 0.29) is 22.9 Å². The molecule has 0 unspecified atom stereocenters. The Hall–Kier alpha value is -2.08. The van der Waals surface area contributed by atoms with Gasteiger partial charge in [-0.25, -0.2) is 4.57 Å². The van der Waals surface area contributed by atoms with Crippen LogP contribution in [-0.2, 0) is 11.3 Å². The van der Waals surface area contributed by atoms with Crippen LogP contribution < -0.4 is 36.3 Å². The van der Waals surface area contributed by atoms with Crippen molar-refractivity contribution < 1.29 is 35.8 Å². The van der Waals surface area contributed by atoms with Crippen molar-refractivity contribution in [3.8, 4) is 11.5 Å². The highest BCUT2D eigenvalue weighted by Gasteiger charge is 2.09. The number of hydrogen-bond acceptors (Lipinski definition) is 3. The lowest BCUT2D eigenvalue weighted by atomic mass is 10.2. The molecule has 6 heteroatoms. The smallest absolute Gasteiger partial charge is 0.224 e. The number of pyridine rings is 1. The van der Waals surface area contributed by atoms with Crippen LogP contribution in [0, 0.1) is 0 Å². The number of hydrogen-bond donors (Lipinski definition) is 1. The summed E-state index contributed by atoms with van der Waals surface area (Å²) in [7, 11) is 0. The number of anilines is 1. The Bertz CT molecular complexity index is 665. The second-order valence-electron chi connectivity index (χ2n) is 5.65. The van der Waals surface area contributed by atoms with E-state index >= 15 is 0 Å². The molecule has 26 heavy (non-hydrogen) atoms. The fraction of sp³-hybridized carbons (Fsp3) is 0.400. The molecule has 0 fully saturated rings. The van der Waals surface area contributed by atoms with Crippen molar-refractivity contribution in [2.75, 3.05) is 18.5 Å². The number of rotatable bonds is 10. The molecule has 0 radical (unpaired) electrons. The standard InChI is InChI=1S/C20H26N2O3.BrH/c1-3-24-18-12-11-17(16-19(18)25-4-2)21-20(23)10-6-9-15-22-13-7-5-8-14-22;/h5,7-8,11-14,16H,3-4,6,9-10,15H2,1-2H3;1H. The first-order valence-corrected chi connectivity index (χ1v) is 8.86. The molecule has 1 N–H and O–H groups in total. The highest BCUT2D eigenvalue weighted by Crippen LogP contribution is 2.30. The Morgan fingerprint density at radius 3 is 2.38 bits per heavy atom. The Morgan fingerprint density at radius 2 is 1.69 bits per heavy atom. The fourth-order valence-electron chi connectivity index (χ4n) is 2.52. The van der Waals surface area contributed by atoms with Crippen molar-refractivity contribution in [3.05, 3.63) is 48.8 Å². The number of halogens is 1. The lowest BCUT2D eigenvalue weighted by Crippen LogP contribution is -3.00. The predicted octanol–water partition coefficient (Wildman–Crippen LogP) is 0.585. The molecule has 2 rings (SSSR count). The van der Waals surface area contributed by atoms with Gasteiger partial charge in [-0.15, -0.1) is 0 Å². The largest absolute Gasteiger partial charge is 1.00 e. The van der Waals surface area contributed by atoms with Crippen LogP contribution in [0.5, 0.6) is 11.5 Å². The van der Waals surface area contributed by atoms with E-state index in [1.165, 1.54) is 0 Å². The minimum absolute atomic E-state index is 0. The van der Waals surface area contributed by atoms with Gasteiger partial charge in [0, 0.05) is 36.7 Å². The SMILES string of the molecule is CCOc1ccc(NC(=O)CCCC[n+]2ccccc2)cc1OCC.[Br-]. The van der Waals surface area contributed by atoms with E-state index in [2.05, 4.69) is 9.88 Å². The molecule has 0 aliphatic carbocycles. The average Bonchev–Trinajstić information content (AvgIpc) is 2.62. The van der Waals surface area contributed by atoms with E-state index in [1.807, 2.05) is 62.6 Å². The molecule has 142 valence electrons. The van der Waals surface area contributed by atoms with Crippen LogP contribution in [0.1, 0.15) is 33.1 Å². The lowest BCUT2D eigenvalue weighted by Gasteiger charge is -2.13. The number of ether oxygens (including phenoxy) is 2. The van der Waals surface area contributed by atoms with Crippen molar-refractivity contribution in [2.45, 2.75) is 39.7 Å². The second-order valence-corrected chi connectivity index (χ2v) is 5.65. The predicted molar refractivity (Wildman–Crippen MR) is 97.9 cm³/mol. The molecular formula is C20H27BrN2O3. The molecule has 1 amide bonds. The van der Waals surface area contributed by atoms with E-state index < -0.39 is 0 Å². The van der Waals surface area contributed by atoms with Crippen molar-refractivity contribution in [2.24, 2.45) is 0 Å². The van der Waals surface area contributed by atoms with Crippen LogP contribution in [-0.4, -0.2) is 19.1 Å². The first-order chi connectivity index (χ1) is 12.2. The van der Waals surface area contributed by atoms with E-state index in [4.69, 9.17) is 9.47 Å². The van der Waals surface area contributed by atoms with Gasteiger partial charge in [-0.1, -0.05) is 6.07 Å². The number of unbranched alkanes of at least 4 members (excludes halogenated alkanes) is 1. The third-order valence-electron chi connectivity index (χ3n) is 3.67. The van der Waals surface area contributed by atoms with Crippen molar-refractivity contribution >= 4 is 11.6 Å². The Balaban J connectivity index is 0.00000338. The molecule has 0 saturated carbocycles. The third kappa shape index (κ3) is 7.44. The minimum Gasteiger partial charge on any atom is -1.00 e. The molecule has 1 heterocycles. The number of carbonyl (C=O) groups excluding carboxylic acids is 1. The maximum absolute atomic E-state index is 12.1. The molecule has 1 aromatic carbocycles. The fourth-order valence-corrected chi connectivity index (χ4v) is 2.52. The van der Waals surface area contributed by atoms with Crippen LogP contribution in [0.25, 0.3) is 0 Å². The van der Waals surface area contributed by atoms with Gasteiger partial charge in [0.1, 0.15) is 6.54 Å². The Morgan fingerprint density at radius 1 is 1.00 bits per heavy atom. The first-order valence-electron chi connectivity index (χ1n) is 8.86.